The highest BCUT2D eigenvalue weighted by Crippen LogP contribution is 2.42. The molecule has 1 saturated heterocycles. The molecule has 0 bridgehead atoms. The number of esters is 1. The zero-order valence-electron chi connectivity index (χ0n) is 24.3. The van der Waals surface area contributed by atoms with E-state index in [2.05, 4.69) is 22.5 Å². The van der Waals surface area contributed by atoms with Gasteiger partial charge in [-0.15, -0.1) is 0 Å². The van der Waals surface area contributed by atoms with E-state index in [0.717, 1.165) is 32.1 Å². The number of rotatable bonds is 12. The van der Waals surface area contributed by atoms with E-state index in [9.17, 15) is 28.8 Å². The Kier molecular flexibility index (Phi) is 10.9. The minimum Gasteiger partial charge on any atom is -0.460 e. The number of nitrogens with two attached hydrogens (primary N) is 1. The number of nitrogens with one attached hydrogen (secondary N) is 3. The number of amides is 5. The summed E-state index contributed by atoms with van der Waals surface area (Å²) in [6, 6.07) is -2.55. The first-order valence-corrected chi connectivity index (χ1v) is 15.5. The van der Waals surface area contributed by atoms with Crippen molar-refractivity contribution in [1.82, 2.24) is 20.9 Å². The number of likely N-dealkylation sites (tertiary alicyclic amines) is 1. The maximum Gasteiger partial charge on any atom is 0.332 e. The molecule has 41 heavy (non-hydrogen) atoms. The van der Waals surface area contributed by atoms with E-state index in [1.807, 2.05) is 0 Å². The van der Waals surface area contributed by atoms with Gasteiger partial charge in [0, 0.05) is 6.54 Å². The predicted octanol–water partition coefficient (Wildman–Crippen LogP) is 1.46. The summed E-state index contributed by atoms with van der Waals surface area (Å²) in [5.41, 5.74) is 3.55. The van der Waals surface area contributed by atoms with Gasteiger partial charge in [0.15, 0.2) is 0 Å². The van der Waals surface area contributed by atoms with Gasteiger partial charge in [0.25, 0.3) is 5.91 Å². The monoisotopic (exact) mass is 593 g/mol. The lowest BCUT2D eigenvalue weighted by Crippen LogP contribution is -2.63. The number of ketones is 1. The van der Waals surface area contributed by atoms with Gasteiger partial charge in [-0.1, -0.05) is 61.3 Å². The maximum absolute atomic E-state index is 13.9. The fraction of sp³-hybridized carbons (Fsp3) is 0.714. The minimum atomic E-state index is -1.20. The molecule has 13 heteroatoms. The number of Topliss-reactive ketones (excluding diaryl/α,β-unsaturated/α-hetero) is 1. The summed E-state index contributed by atoms with van der Waals surface area (Å²) < 4.78 is 5.30. The molecule has 2 saturated carbocycles. The van der Waals surface area contributed by atoms with Crippen molar-refractivity contribution in [2.24, 2.45) is 11.1 Å². The number of urea groups is 1. The topological polar surface area (TPSA) is 177 Å². The summed E-state index contributed by atoms with van der Waals surface area (Å²) in [4.78, 5) is 78.7. The van der Waals surface area contributed by atoms with Crippen molar-refractivity contribution in [3.05, 3.63) is 12.7 Å². The largest absolute Gasteiger partial charge is 0.460 e. The van der Waals surface area contributed by atoms with Crippen LogP contribution < -0.4 is 21.7 Å². The minimum absolute atomic E-state index is 0.0262. The Balaban J connectivity index is 1.73. The molecule has 3 aliphatic rings. The van der Waals surface area contributed by atoms with Crippen LogP contribution in [-0.4, -0.2) is 82.6 Å². The van der Waals surface area contributed by atoms with Crippen LogP contribution >= 0.6 is 8.58 Å². The molecule has 0 aromatic heterocycles. The number of carbonyl (C=O) groups is 6. The van der Waals surface area contributed by atoms with Crippen molar-refractivity contribution < 1.29 is 33.5 Å². The van der Waals surface area contributed by atoms with Gasteiger partial charge in [0.05, 0.1) is 0 Å². The fourth-order valence-corrected chi connectivity index (χ4v) is 6.85. The van der Waals surface area contributed by atoms with Crippen molar-refractivity contribution in [3.8, 4) is 0 Å². The van der Waals surface area contributed by atoms with Crippen LogP contribution in [0, 0.1) is 5.41 Å². The van der Waals surface area contributed by atoms with Crippen LogP contribution in [0.2, 0.25) is 0 Å². The molecule has 0 radical (unpaired) electrons. The average molecular weight is 594 g/mol. The average Bonchev–Trinajstić information content (AvgIpc) is 3.59. The molecule has 4 atom stereocenters. The van der Waals surface area contributed by atoms with Crippen LogP contribution in [0.15, 0.2) is 12.7 Å². The van der Waals surface area contributed by atoms with Gasteiger partial charge in [-0.2, -0.15) is 0 Å². The van der Waals surface area contributed by atoms with Crippen LogP contribution in [0.1, 0.15) is 78.6 Å². The van der Waals surface area contributed by atoms with Gasteiger partial charge < -0.3 is 31.3 Å². The molecule has 5 amide bonds. The van der Waals surface area contributed by atoms with Crippen molar-refractivity contribution >= 4 is 44.1 Å². The number of nitrogens with zero attached hydrogens (tertiary/aromatic N) is 1. The maximum atomic E-state index is 13.9. The van der Waals surface area contributed by atoms with Crippen LogP contribution in [0.3, 0.4) is 0 Å². The Morgan fingerprint density at radius 2 is 1.71 bits per heavy atom. The standard InChI is InChI=1S/C28H44N5O7P/c1-5-16-40-25(38)28(13-7-6-8-14-28)32-26(39)30-20(27(2,3)4)24(37)33-15-9-10-18(33)22(36)31-23(19(34)21(29)35)41-17-11-12-17/h5,17-18,20,23,41H,1,6-16H2,2-4H3,(H2,29,35)(H,31,36)(H2,30,32,39)/t18-,20?,23?/m0/s1. The van der Waals surface area contributed by atoms with Crippen LogP contribution in [0.25, 0.3) is 0 Å². The van der Waals surface area contributed by atoms with Crippen LogP contribution in [-0.2, 0) is 28.7 Å². The Morgan fingerprint density at radius 3 is 2.27 bits per heavy atom. The van der Waals surface area contributed by atoms with Gasteiger partial charge in [0.1, 0.15) is 30.0 Å². The summed E-state index contributed by atoms with van der Waals surface area (Å²) in [6.45, 7) is 9.29. The zero-order chi connectivity index (χ0) is 30.4. The second-order valence-corrected chi connectivity index (χ2v) is 14.0. The number of carbonyl (C=O) groups excluding carboxylic acids is 6. The van der Waals surface area contributed by atoms with Crippen molar-refractivity contribution in [2.75, 3.05) is 13.2 Å². The molecular formula is C28H44N5O7P. The summed E-state index contributed by atoms with van der Waals surface area (Å²) >= 11 is 0. The first-order chi connectivity index (χ1) is 19.3. The van der Waals surface area contributed by atoms with E-state index >= 15 is 0 Å². The molecule has 1 aliphatic heterocycles. The van der Waals surface area contributed by atoms with Crippen LogP contribution in [0.5, 0.6) is 0 Å². The van der Waals surface area contributed by atoms with E-state index in [0.29, 0.717) is 32.2 Å². The smallest absolute Gasteiger partial charge is 0.332 e. The molecular weight excluding hydrogens is 549 g/mol. The first kappa shape index (κ1) is 32.5. The first-order valence-electron chi connectivity index (χ1n) is 14.4. The number of hydrogen-bond donors (Lipinski definition) is 4. The van der Waals surface area contributed by atoms with Gasteiger partial charge in [0.2, 0.25) is 17.6 Å². The number of primary amides is 1. The van der Waals surface area contributed by atoms with E-state index in [4.69, 9.17) is 10.5 Å². The van der Waals surface area contributed by atoms with E-state index in [-0.39, 0.29) is 20.8 Å². The lowest BCUT2D eigenvalue weighted by Gasteiger charge is -2.38. The highest BCUT2D eigenvalue weighted by molar-refractivity contribution is 7.41. The van der Waals surface area contributed by atoms with Gasteiger partial charge in [-0.05, 0) is 49.6 Å². The van der Waals surface area contributed by atoms with Crippen LogP contribution in [0.4, 0.5) is 4.79 Å². The van der Waals surface area contributed by atoms with E-state index in [1.54, 1.807) is 20.8 Å². The predicted molar refractivity (Wildman–Crippen MR) is 154 cm³/mol. The third-order valence-corrected chi connectivity index (χ3v) is 9.57. The summed E-state index contributed by atoms with van der Waals surface area (Å²) in [6.07, 6.45) is 7.54. The Labute approximate surface area is 243 Å². The molecule has 1 heterocycles. The van der Waals surface area contributed by atoms with Crippen molar-refractivity contribution in [3.63, 3.8) is 0 Å². The SMILES string of the molecule is C=CCOC(=O)C1(NC(=O)NC(C(=O)N2CCC[C@H]2C(=O)NC(PC2CC2)C(=O)C(N)=O)C(C)(C)C)CCCCC1. The molecule has 3 rings (SSSR count). The van der Waals surface area contributed by atoms with Gasteiger partial charge >= 0.3 is 12.0 Å². The summed E-state index contributed by atoms with van der Waals surface area (Å²) in [7, 11) is 0.0439. The molecule has 3 unspecified atom stereocenters. The molecule has 5 N–H and O–H groups in total. The quantitative estimate of drug-likeness (QED) is 0.115. The molecule has 0 aromatic rings. The Morgan fingerprint density at radius 1 is 1.05 bits per heavy atom. The molecule has 0 aromatic carbocycles. The van der Waals surface area contributed by atoms with E-state index in [1.165, 1.54) is 11.0 Å². The number of hydrogen-bond acceptors (Lipinski definition) is 7. The molecule has 2 aliphatic carbocycles. The zero-order valence-corrected chi connectivity index (χ0v) is 25.3. The fourth-order valence-electron chi connectivity index (χ4n) is 5.36. The lowest BCUT2D eigenvalue weighted by molar-refractivity contribution is -0.151. The Hall–Kier alpha value is -3.01. The van der Waals surface area contributed by atoms with E-state index < -0.39 is 64.3 Å². The molecule has 12 nitrogen and oxygen atoms in total. The third kappa shape index (κ3) is 8.50. The molecule has 3 fully saturated rings. The highest BCUT2D eigenvalue weighted by atomic mass is 31.1. The second kappa shape index (κ2) is 13.8. The van der Waals surface area contributed by atoms with Crippen molar-refractivity contribution in [1.29, 1.82) is 0 Å². The van der Waals surface area contributed by atoms with Gasteiger partial charge in [-0.3, -0.25) is 19.2 Å². The summed E-state index contributed by atoms with van der Waals surface area (Å²) in [5.74, 6) is -4.44. The summed E-state index contributed by atoms with van der Waals surface area (Å²) in [5, 5.41) is 8.25. The Bertz CT molecular complexity index is 1050. The number of ether oxygens (including phenoxy) is 1. The lowest BCUT2D eigenvalue weighted by atomic mass is 9.81. The normalized spacial score (nSPS) is 21.9. The van der Waals surface area contributed by atoms with Crippen molar-refractivity contribution in [2.45, 2.75) is 108 Å². The third-order valence-electron chi connectivity index (χ3n) is 7.78. The second-order valence-electron chi connectivity index (χ2n) is 12.2. The molecule has 228 valence electrons. The molecule has 0 spiro atoms. The highest BCUT2D eigenvalue weighted by Gasteiger charge is 2.46. The van der Waals surface area contributed by atoms with Gasteiger partial charge in [-0.25, -0.2) is 9.59 Å².